The lowest BCUT2D eigenvalue weighted by molar-refractivity contribution is 1.26. The molecule has 0 amide bonds. The predicted molar refractivity (Wildman–Crippen MR) is 63.0 cm³/mol. The second-order valence-corrected chi connectivity index (χ2v) is 3.87. The van der Waals surface area contributed by atoms with E-state index in [-0.39, 0.29) is 5.96 Å². The van der Waals surface area contributed by atoms with Crippen LogP contribution in [0.4, 0.5) is 5.82 Å². The molecule has 2 aromatic rings. The van der Waals surface area contributed by atoms with Gasteiger partial charge >= 0.3 is 0 Å². The van der Waals surface area contributed by atoms with Gasteiger partial charge in [0.2, 0.25) is 0 Å². The van der Waals surface area contributed by atoms with Crippen molar-refractivity contribution in [3.8, 4) is 10.4 Å². The molecule has 0 spiro atoms. The molecule has 0 aromatic carbocycles. The van der Waals surface area contributed by atoms with Gasteiger partial charge in [0.15, 0.2) is 11.8 Å². The SMILES string of the molecule is NC(N)=Nc1ccc(-c2cccs2)cn1. The summed E-state index contributed by atoms with van der Waals surface area (Å²) in [7, 11) is 0. The second kappa shape index (κ2) is 4.10. The number of nitrogens with two attached hydrogens (primary N) is 2. The molecule has 0 atom stereocenters. The summed E-state index contributed by atoms with van der Waals surface area (Å²) < 4.78 is 0. The number of pyridine rings is 1. The molecule has 4 N–H and O–H groups in total. The van der Waals surface area contributed by atoms with Gasteiger partial charge in [-0.05, 0) is 23.6 Å². The van der Waals surface area contributed by atoms with E-state index in [9.17, 15) is 0 Å². The van der Waals surface area contributed by atoms with Crippen molar-refractivity contribution in [2.75, 3.05) is 0 Å². The Morgan fingerprint density at radius 1 is 1.27 bits per heavy atom. The van der Waals surface area contributed by atoms with E-state index >= 15 is 0 Å². The largest absolute Gasteiger partial charge is 0.370 e. The van der Waals surface area contributed by atoms with Crippen molar-refractivity contribution in [3.63, 3.8) is 0 Å². The second-order valence-electron chi connectivity index (χ2n) is 2.92. The maximum Gasteiger partial charge on any atom is 0.192 e. The fraction of sp³-hybridized carbons (Fsp3) is 0. The Morgan fingerprint density at radius 2 is 2.13 bits per heavy atom. The van der Waals surface area contributed by atoms with E-state index in [4.69, 9.17) is 11.5 Å². The molecule has 0 bridgehead atoms. The molecule has 2 heterocycles. The number of aromatic nitrogens is 1. The predicted octanol–water partition coefficient (Wildman–Crippen LogP) is 1.72. The summed E-state index contributed by atoms with van der Waals surface area (Å²) in [5, 5.41) is 2.03. The maximum absolute atomic E-state index is 5.25. The normalized spacial score (nSPS) is 9.87. The Bertz CT molecular complexity index is 455. The molecular weight excluding hydrogens is 208 g/mol. The third-order valence-electron chi connectivity index (χ3n) is 1.80. The highest BCUT2D eigenvalue weighted by Gasteiger charge is 1.98. The molecule has 0 saturated heterocycles. The molecule has 76 valence electrons. The van der Waals surface area contributed by atoms with Crippen LogP contribution in [0, 0.1) is 0 Å². The van der Waals surface area contributed by atoms with Crippen molar-refractivity contribution >= 4 is 23.1 Å². The summed E-state index contributed by atoms with van der Waals surface area (Å²) in [6, 6.07) is 7.78. The Kier molecular flexibility index (Phi) is 2.64. The molecule has 0 aliphatic heterocycles. The van der Waals surface area contributed by atoms with Gasteiger partial charge in [-0.1, -0.05) is 6.07 Å². The summed E-state index contributed by atoms with van der Waals surface area (Å²) in [5.41, 5.74) is 11.6. The van der Waals surface area contributed by atoms with E-state index in [2.05, 4.69) is 9.98 Å². The van der Waals surface area contributed by atoms with Gasteiger partial charge < -0.3 is 11.5 Å². The van der Waals surface area contributed by atoms with Crippen molar-refractivity contribution in [3.05, 3.63) is 35.8 Å². The van der Waals surface area contributed by atoms with Crippen LogP contribution in [0.15, 0.2) is 40.8 Å². The van der Waals surface area contributed by atoms with Gasteiger partial charge in [0.1, 0.15) is 0 Å². The number of hydrogen-bond donors (Lipinski definition) is 2. The summed E-state index contributed by atoms with van der Waals surface area (Å²) in [6.07, 6.45) is 1.76. The van der Waals surface area contributed by atoms with Crippen molar-refractivity contribution < 1.29 is 0 Å². The summed E-state index contributed by atoms with van der Waals surface area (Å²) >= 11 is 1.67. The van der Waals surface area contributed by atoms with Crippen molar-refractivity contribution in [1.82, 2.24) is 4.98 Å². The third-order valence-corrected chi connectivity index (χ3v) is 2.72. The van der Waals surface area contributed by atoms with Crippen molar-refractivity contribution in [2.45, 2.75) is 0 Å². The molecule has 2 aromatic heterocycles. The summed E-state index contributed by atoms with van der Waals surface area (Å²) in [4.78, 5) is 9.16. The van der Waals surface area contributed by atoms with E-state index in [1.165, 1.54) is 4.88 Å². The van der Waals surface area contributed by atoms with Gasteiger partial charge in [0, 0.05) is 16.6 Å². The molecule has 0 saturated carbocycles. The molecule has 0 aliphatic carbocycles. The first-order valence-electron chi connectivity index (χ1n) is 4.35. The Hall–Kier alpha value is -1.88. The van der Waals surface area contributed by atoms with Gasteiger partial charge in [-0.2, -0.15) is 4.99 Å². The highest BCUT2D eigenvalue weighted by Crippen LogP contribution is 2.24. The molecule has 2 rings (SSSR count). The van der Waals surface area contributed by atoms with E-state index < -0.39 is 0 Å². The third kappa shape index (κ3) is 2.32. The van der Waals surface area contributed by atoms with Crippen LogP contribution in [0.1, 0.15) is 0 Å². The monoisotopic (exact) mass is 218 g/mol. The first kappa shape index (κ1) is 9.67. The number of guanidine groups is 1. The van der Waals surface area contributed by atoms with Gasteiger partial charge in [0.25, 0.3) is 0 Å². The fourth-order valence-corrected chi connectivity index (χ4v) is 1.89. The number of rotatable bonds is 2. The zero-order valence-electron chi connectivity index (χ0n) is 7.92. The number of nitrogens with zero attached hydrogens (tertiary/aromatic N) is 2. The van der Waals surface area contributed by atoms with E-state index in [0.717, 1.165) is 5.56 Å². The Balaban J connectivity index is 2.29. The van der Waals surface area contributed by atoms with Crippen LogP contribution < -0.4 is 11.5 Å². The van der Waals surface area contributed by atoms with Crippen LogP contribution in [-0.4, -0.2) is 10.9 Å². The van der Waals surface area contributed by atoms with Gasteiger partial charge in [-0.3, -0.25) is 0 Å². The molecule has 5 heteroatoms. The highest BCUT2D eigenvalue weighted by atomic mass is 32.1. The number of thiophene rings is 1. The van der Waals surface area contributed by atoms with Crippen LogP contribution in [0.2, 0.25) is 0 Å². The highest BCUT2D eigenvalue weighted by molar-refractivity contribution is 7.13. The maximum atomic E-state index is 5.25. The first-order valence-corrected chi connectivity index (χ1v) is 5.23. The molecule has 0 radical (unpaired) electrons. The van der Waals surface area contributed by atoms with E-state index in [1.54, 1.807) is 23.6 Å². The van der Waals surface area contributed by atoms with Crippen molar-refractivity contribution in [2.24, 2.45) is 16.5 Å². The minimum Gasteiger partial charge on any atom is -0.370 e. The number of hydrogen-bond acceptors (Lipinski definition) is 3. The average molecular weight is 218 g/mol. The molecule has 15 heavy (non-hydrogen) atoms. The average Bonchev–Trinajstić information content (AvgIpc) is 2.71. The van der Waals surface area contributed by atoms with Crippen LogP contribution in [0.5, 0.6) is 0 Å². The Labute approximate surface area is 91.3 Å². The zero-order chi connectivity index (χ0) is 10.7. The molecule has 4 nitrogen and oxygen atoms in total. The standard InChI is InChI=1S/C10H10N4S/c11-10(12)14-9-4-3-7(6-13-9)8-2-1-5-15-8/h1-6H,(H4,11,12,13,14). The molecule has 0 aliphatic rings. The lowest BCUT2D eigenvalue weighted by atomic mass is 10.2. The van der Waals surface area contributed by atoms with Crippen molar-refractivity contribution in [1.29, 1.82) is 0 Å². The van der Waals surface area contributed by atoms with E-state index in [0.29, 0.717) is 5.82 Å². The van der Waals surface area contributed by atoms with E-state index in [1.807, 2.05) is 23.6 Å². The molecule has 0 unspecified atom stereocenters. The minimum absolute atomic E-state index is 0.0198. The van der Waals surface area contributed by atoms with Crippen LogP contribution in [-0.2, 0) is 0 Å². The van der Waals surface area contributed by atoms with Crippen LogP contribution >= 0.6 is 11.3 Å². The summed E-state index contributed by atoms with van der Waals surface area (Å²) in [5.74, 6) is 0.543. The first-order chi connectivity index (χ1) is 7.25. The van der Waals surface area contributed by atoms with Crippen LogP contribution in [0.3, 0.4) is 0 Å². The molecular formula is C10H10N4S. The lowest BCUT2D eigenvalue weighted by Crippen LogP contribution is -2.22. The summed E-state index contributed by atoms with van der Waals surface area (Å²) in [6.45, 7) is 0. The fourth-order valence-electron chi connectivity index (χ4n) is 1.17. The van der Waals surface area contributed by atoms with Crippen LogP contribution in [0.25, 0.3) is 10.4 Å². The Morgan fingerprint density at radius 3 is 2.67 bits per heavy atom. The quantitative estimate of drug-likeness (QED) is 0.595. The number of aliphatic imine (C=N–C) groups is 1. The minimum atomic E-state index is 0.0198. The van der Waals surface area contributed by atoms with Gasteiger partial charge in [-0.15, -0.1) is 11.3 Å². The topological polar surface area (TPSA) is 77.3 Å². The zero-order valence-corrected chi connectivity index (χ0v) is 8.74. The lowest BCUT2D eigenvalue weighted by Gasteiger charge is -1.97. The smallest absolute Gasteiger partial charge is 0.192 e. The van der Waals surface area contributed by atoms with Gasteiger partial charge in [-0.25, -0.2) is 4.98 Å². The van der Waals surface area contributed by atoms with Gasteiger partial charge in [0.05, 0.1) is 0 Å². The molecule has 0 fully saturated rings.